The number of halogens is 2. The van der Waals surface area contributed by atoms with Gasteiger partial charge in [0.1, 0.15) is 11.8 Å². The molecule has 2 aromatic carbocycles. The molecule has 0 spiro atoms. The molecule has 4 nitrogen and oxygen atoms in total. The van der Waals surface area contributed by atoms with E-state index in [9.17, 15) is 4.79 Å². The number of hydrogen-bond acceptors (Lipinski definition) is 3. The van der Waals surface area contributed by atoms with Crippen molar-refractivity contribution < 1.29 is 9.53 Å². The number of benzene rings is 2. The number of nitrogens with one attached hydrogen (secondary N) is 1. The van der Waals surface area contributed by atoms with Gasteiger partial charge in [-0.05, 0) is 28.3 Å². The summed E-state index contributed by atoms with van der Waals surface area (Å²) in [5, 5.41) is 3.34. The minimum absolute atomic E-state index is 0.0237. The number of carbonyl (C=O) groups is 1. The fraction of sp³-hybridized carbons (Fsp3) is 0.130. The summed E-state index contributed by atoms with van der Waals surface area (Å²) < 4.78 is 5.46. The van der Waals surface area contributed by atoms with Gasteiger partial charge in [0.15, 0.2) is 0 Å². The van der Waals surface area contributed by atoms with Gasteiger partial charge in [-0.25, -0.2) is 9.78 Å². The number of hydrogen-bond donors (Lipinski definition) is 1. The molecule has 0 bridgehead atoms. The lowest BCUT2D eigenvalue weighted by Gasteiger charge is -2.14. The van der Waals surface area contributed by atoms with Crippen LogP contribution >= 0.6 is 23.2 Å². The Labute approximate surface area is 178 Å². The first-order chi connectivity index (χ1) is 14.1. The predicted octanol–water partition coefficient (Wildman–Crippen LogP) is 5.28. The van der Waals surface area contributed by atoms with Crippen molar-refractivity contribution in [2.45, 2.75) is 5.92 Å². The fourth-order valence-electron chi connectivity index (χ4n) is 3.42. The van der Waals surface area contributed by atoms with Crippen molar-refractivity contribution in [2.75, 3.05) is 13.2 Å². The Hall–Kier alpha value is -3.00. The van der Waals surface area contributed by atoms with Crippen LogP contribution in [0.15, 0.2) is 60.8 Å². The second-order valence-electron chi connectivity index (χ2n) is 6.47. The zero-order valence-corrected chi connectivity index (χ0v) is 16.8. The monoisotopic (exact) mass is 422 g/mol. The van der Waals surface area contributed by atoms with Crippen LogP contribution in [0, 0.1) is 11.8 Å². The molecule has 0 aliphatic heterocycles. The molecule has 0 saturated heterocycles. The average Bonchev–Trinajstić information content (AvgIpc) is 3.06. The van der Waals surface area contributed by atoms with Gasteiger partial charge in [-0.2, -0.15) is 0 Å². The molecule has 1 heterocycles. The highest BCUT2D eigenvalue weighted by molar-refractivity contribution is 6.32. The molecule has 0 unspecified atom stereocenters. The summed E-state index contributed by atoms with van der Waals surface area (Å²) in [6.07, 6.45) is 0.931. The SMILES string of the molecule is O=C(NCC#Cc1cc(Cl)cnc1Cl)OCC1c2ccccc2-c2ccccc21. The average molecular weight is 423 g/mol. The van der Waals surface area contributed by atoms with E-state index in [-0.39, 0.29) is 24.2 Å². The Morgan fingerprint density at radius 2 is 1.72 bits per heavy atom. The largest absolute Gasteiger partial charge is 0.449 e. The molecule has 0 saturated carbocycles. The van der Waals surface area contributed by atoms with E-state index in [1.807, 2.05) is 24.3 Å². The third-order valence-electron chi connectivity index (χ3n) is 4.69. The molecule has 0 radical (unpaired) electrons. The van der Waals surface area contributed by atoms with Crippen LogP contribution in [-0.2, 0) is 4.74 Å². The number of amides is 1. The van der Waals surface area contributed by atoms with E-state index in [2.05, 4.69) is 46.4 Å². The Balaban J connectivity index is 1.36. The zero-order chi connectivity index (χ0) is 20.2. The number of carbonyl (C=O) groups excluding carboxylic acids is 1. The summed E-state index contributed by atoms with van der Waals surface area (Å²) in [5.74, 6) is 5.67. The summed E-state index contributed by atoms with van der Waals surface area (Å²) >= 11 is 11.8. The number of nitrogens with zero attached hydrogens (tertiary/aromatic N) is 1. The molecule has 0 fully saturated rings. The quantitative estimate of drug-likeness (QED) is 0.461. The third-order valence-corrected chi connectivity index (χ3v) is 5.20. The first-order valence-corrected chi connectivity index (χ1v) is 9.78. The topological polar surface area (TPSA) is 51.2 Å². The highest BCUT2D eigenvalue weighted by atomic mass is 35.5. The van der Waals surface area contributed by atoms with Crippen LogP contribution in [0.3, 0.4) is 0 Å². The standard InChI is InChI=1S/C23H16Cl2N2O2/c24-16-12-15(22(25)27-13-16)6-5-11-26-23(28)29-14-21-19-9-3-1-7-17(19)18-8-2-4-10-20(18)21/h1-4,7-10,12-13,21H,11,14H2,(H,26,28). The zero-order valence-electron chi connectivity index (χ0n) is 15.3. The molecule has 4 rings (SSSR count). The van der Waals surface area contributed by atoms with Crippen LogP contribution in [0.1, 0.15) is 22.6 Å². The van der Waals surface area contributed by atoms with Crippen molar-refractivity contribution in [1.82, 2.24) is 10.3 Å². The van der Waals surface area contributed by atoms with Gasteiger partial charge in [-0.3, -0.25) is 0 Å². The van der Waals surface area contributed by atoms with Gasteiger partial charge in [0, 0.05) is 12.1 Å². The van der Waals surface area contributed by atoms with E-state index in [1.54, 1.807) is 6.07 Å². The van der Waals surface area contributed by atoms with Crippen LogP contribution < -0.4 is 5.32 Å². The third kappa shape index (κ3) is 4.22. The Kier molecular flexibility index (Phi) is 5.71. The van der Waals surface area contributed by atoms with Crippen LogP contribution in [-0.4, -0.2) is 24.2 Å². The van der Waals surface area contributed by atoms with Crippen molar-refractivity contribution in [2.24, 2.45) is 0 Å². The van der Waals surface area contributed by atoms with Gasteiger partial charge >= 0.3 is 6.09 Å². The normalized spacial score (nSPS) is 11.8. The van der Waals surface area contributed by atoms with Crippen LogP contribution in [0.2, 0.25) is 10.2 Å². The van der Waals surface area contributed by atoms with Crippen LogP contribution in [0.25, 0.3) is 11.1 Å². The summed E-state index contributed by atoms with van der Waals surface area (Å²) in [7, 11) is 0. The van der Waals surface area contributed by atoms with Crippen molar-refractivity contribution in [3.8, 4) is 23.0 Å². The maximum absolute atomic E-state index is 12.1. The van der Waals surface area contributed by atoms with Gasteiger partial charge < -0.3 is 10.1 Å². The van der Waals surface area contributed by atoms with E-state index in [1.165, 1.54) is 28.5 Å². The molecule has 1 N–H and O–H groups in total. The fourth-order valence-corrected chi connectivity index (χ4v) is 3.72. The van der Waals surface area contributed by atoms with E-state index in [4.69, 9.17) is 27.9 Å². The second-order valence-corrected chi connectivity index (χ2v) is 7.27. The molecule has 1 aliphatic rings. The molecule has 29 heavy (non-hydrogen) atoms. The minimum atomic E-state index is -0.517. The van der Waals surface area contributed by atoms with E-state index < -0.39 is 6.09 Å². The predicted molar refractivity (Wildman–Crippen MR) is 114 cm³/mol. The van der Waals surface area contributed by atoms with E-state index in [0.29, 0.717) is 10.6 Å². The Morgan fingerprint density at radius 1 is 1.07 bits per heavy atom. The Bertz CT molecular complexity index is 1090. The molecule has 0 atom stereocenters. The maximum atomic E-state index is 12.1. The smallest absolute Gasteiger partial charge is 0.407 e. The lowest BCUT2D eigenvalue weighted by Crippen LogP contribution is -2.26. The highest BCUT2D eigenvalue weighted by Gasteiger charge is 2.28. The maximum Gasteiger partial charge on any atom is 0.407 e. The lowest BCUT2D eigenvalue weighted by molar-refractivity contribution is 0.144. The highest BCUT2D eigenvalue weighted by Crippen LogP contribution is 2.44. The number of ether oxygens (including phenoxy) is 1. The molecule has 1 amide bonds. The summed E-state index contributed by atoms with van der Waals surface area (Å²) in [4.78, 5) is 16.0. The van der Waals surface area contributed by atoms with Gasteiger partial charge in [-0.15, -0.1) is 0 Å². The second kappa shape index (κ2) is 8.57. The summed E-state index contributed by atoms with van der Waals surface area (Å²) in [6.45, 7) is 0.386. The van der Waals surface area contributed by atoms with E-state index >= 15 is 0 Å². The molecular weight excluding hydrogens is 407 g/mol. The van der Waals surface area contributed by atoms with Crippen molar-refractivity contribution in [3.05, 3.63) is 87.7 Å². The number of alkyl carbamates (subject to hydrolysis) is 1. The van der Waals surface area contributed by atoms with E-state index in [0.717, 1.165) is 0 Å². The number of pyridine rings is 1. The van der Waals surface area contributed by atoms with Crippen molar-refractivity contribution >= 4 is 29.3 Å². The van der Waals surface area contributed by atoms with Crippen molar-refractivity contribution in [3.63, 3.8) is 0 Å². The molecule has 3 aromatic rings. The number of rotatable bonds is 3. The minimum Gasteiger partial charge on any atom is -0.449 e. The van der Waals surface area contributed by atoms with Crippen molar-refractivity contribution in [1.29, 1.82) is 0 Å². The molecular formula is C23H16Cl2N2O2. The van der Waals surface area contributed by atoms with Gasteiger partial charge in [0.2, 0.25) is 0 Å². The van der Waals surface area contributed by atoms with Gasteiger partial charge in [-0.1, -0.05) is 83.6 Å². The lowest BCUT2D eigenvalue weighted by atomic mass is 9.98. The van der Waals surface area contributed by atoms with Gasteiger partial charge in [0.25, 0.3) is 0 Å². The summed E-state index contributed by atoms with van der Waals surface area (Å²) in [6, 6.07) is 18.0. The van der Waals surface area contributed by atoms with Crippen LogP contribution in [0.4, 0.5) is 4.79 Å². The molecule has 6 heteroatoms. The van der Waals surface area contributed by atoms with Gasteiger partial charge in [0.05, 0.1) is 17.1 Å². The van der Waals surface area contributed by atoms with Crippen LogP contribution in [0.5, 0.6) is 0 Å². The number of fused-ring (bicyclic) bond motifs is 3. The molecule has 1 aliphatic carbocycles. The Morgan fingerprint density at radius 3 is 2.41 bits per heavy atom. The molecule has 144 valence electrons. The first-order valence-electron chi connectivity index (χ1n) is 9.02. The first kappa shape index (κ1) is 19.3. The summed E-state index contributed by atoms with van der Waals surface area (Å²) in [5.41, 5.74) is 5.23. The number of aromatic nitrogens is 1. The molecule has 1 aromatic heterocycles.